The highest BCUT2D eigenvalue weighted by Crippen LogP contribution is 2.16. The predicted molar refractivity (Wildman–Crippen MR) is 74.4 cm³/mol. The maximum atomic E-state index is 13.7. The molecule has 0 saturated carbocycles. The van der Waals surface area contributed by atoms with Crippen LogP contribution in [0.25, 0.3) is 0 Å². The van der Waals surface area contributed by atoms with Crippen molar-refractivity contribution >= 4 is 0 Å². The van der Waals surface area contributed by atoms with Crippen LogP contribution in [0.1, 0.15) is 23.6 Å². The van der Waals surface area contributed by atoms with Gasteiger partial charge in [-0.25, -0.2) is 4.39 Å². The molecule has 0 heterocycles. The second-order valence-corrected chi connectivity index (χ2v) is 4.42. The van der Waals surface area contributed by atoms with Crippen LogP contribution in [-0.4, -0.2) is 0 Å². The van der Waals surface area contributed by atoms with Gasteiger partial charge in [-0.3, -0.25) is 0 Å². The number of rotatable bonds is 5. The molecule has 0 fully saturated rings. The van der Waals surface area contributed by atoms with Crippen LogP contribution in [0.4, 0.5) is 4.39 Å². The molecule has 100 valence electrons. The lowest BCUT2D eigenvalue weighted by atomic mass is 10.1. The zero-order chi connectivity index (χ0) is 13.7. The van der Waals surface area contributed by atoms with E-state index in [0.717, 1.165) is 17.7 Å². The second kappa shape index (κ2) is 6.34. The molecule has 3 heteroatoms. The summed E-state index contributed by atoms with van der Waals surface area (Å²) in [5, 5.41) is 0. The quantitative estimate of drug-likeness (QED) is 0.893. The van der Waals surface area contributed by atoms with Crippen LogP contribution in [0.2, 0.25) is 0 Å². The fourth-order valence-electron chi connectivity index (χ4n) is 1.82. The molecule has 2 nitrogen and oxygen atoms in total. The van der Waals surface area contributed by atoms with E-state index in [2.05, 4.69) is 6.92 Å². The third-order valence-electron chi connectivity index (χ3n) is 3.08. The first kappa shape index (κ1) is 13.6. The van der Waals surface area contributed by atoms with Gasteiger partial charge in [0.05, 0.1) is 0 Å². The molecule has 0 amide bonds. The first-order valence-corrected chi connectivity index (χ1v) is 6.42. The topological polar surface area (TPSA) is 35.2 Å². The van der Waals surface area contributed by atoms with Gasteiger partial charge in [0, 0.05) is 12.1 Å². The Hall–Kier alpha value is -1.87. The molecule has 19 heavy (non-hydrogen) atoms. The van der Waals surface area contributed by atoms with Gasteiger partial charge in [-0.15, -0.1) is 0 Å². The number of nitrogens with two attached hydrogens (primary N) is 1. The number of benzene rings is 2. The Kier molecular flexibility index (Phi) is 4.53. The largest absolute Gasteiger partial charge is 0.489 e. The van der Waals surface area contributed by atoms with Gasteiger partial charge < -0.3 is 10.5 Å². The highest BCUT2D eigenvalue weighted by atomic mass is 19.1. The second-order valence-electron chi connectivity index (χ2n) is 4.42. The van der Waals surface area contributed by atoms with Gasteiger partial charge in [0.2, 0.25) is 0 Å². The minimum Gasteiger partial charge on any atom is -0.489 e. The third kappa shape index (κ3) is 3.55. The van der Waals surface area contributed by atoms with Crippen molar-refractivity contribution in [3.63, 3.8) is 0 Å². The Balaban J connectivity index is 2.01. The summed E-state index contributed by atoms with van der Waals surface area (Å²) in [6, 6.07) is 12.8. The molecular weight excluding hydrogens is 241 g/mol. The van der Waals surface area contributed by atoms with Gasteiger partial charge in [-0.05, 0) is 35.7 Å². The van der Waals surface area contributed by atoms with E-state index < -0.39 is 0 Å². The van der Waals surface area contributed by atoms with E-state index in [1.165, 1.54) is 11.6 Å². The summed E-state index contributed by atoms with van der Waals surface area (Å²) >= 11 is 0. The maximum absolute atomic E-state index is 13.7. The van der Waals surface area contributed by atoms with E-state index in [1.54, 1.807) is 6.07 Å². The van der Waals surface area contributed by atoms with Crippen LogP contribution in [0.5, 0.6) is 5.75 Å². The molecule has 0 aromatic heterocycles. The van der Waals surface area contributed by atoms with Crippen molar-refractivity contribution in [3.05, 3.63) is 65.0 Å². The molecule has 2 aromatic rings. The Morgan fingerprint density at radius 3 is 2.32 bits per heavy atom. The minimum absolute atomic E-state index is 0.224. The summed E-state index contributed by atoms with van der Waals surface area (Å²) in [6.45, 7) is 2.67. The Morgan fingerprint density at radius 2 is 1.74 bits per heavy atom. The fourth-order valence-corrected chi connectivity index (χ4v) is 1.82. The minimum atomic E-state index is -0.270. The average molecular weight is 259 g/mol. The molecule has 2 rings (SSSR count). The molecule has 0 aliphatic rings. The number of halogens is 1. The number of aryl methyl sites for hydroxylation is 1. The van der Waals surface area contributed by atoms with Gasteiger partial charge in [-0.2, -0.15) is 0 Å². The van der Waals surface area contributed by atoms with Crippen LogP contribution in [0.3, 0.4) is 0 Å². The van der Waals surface area contributed by atoms with E-state index in [4.69, 9.17) is 10.5 Å². The standard InChI is InChI=1S/C16H18FNO/c1-2-12-4-7-15(8-5-12)19-11-14-6-3-13(10-18)9-16(14)17/h3-9H,2,10-11,18H2,1H3. The normalized spacial score (nSPS) is 10.5. The number of hydrogen-bond acceptors (Lipinski definition) is 2. The summed E-state index contributed by atoms with van der Waals surface area (Å²) in [5.74, 6) is 0.479. The highest BCUT2D eigenvalue weighted by molar-refractivity contribution is 5.28. The van der Waals surface area contributed by atoms with Crippen LogP contribution in [-0.2, 0) is 19.6 Å². The van der Waals surface area contributed by atoms with Gasteiger partial charge in [0.15, 0.2) is 0 Å². The van der Waals surface area contributed by atoms with Crippen molar-refractivity contribution in [2.45, 2.75) is 26.5 Å². The van der Waals surface area contributed by atoms with Crippen molar-refractivity contribution < 1.29 is 9.13 Å². The zero-order valence-corrected chi connectivity index (χ0v) is 11.0. The smallest absolute Gasteiger partial charge is 0.130 e. The van der Waals surface area contributed by atoms with Crippen LogP contribution in [0, 0.1) is 5.82 Å². The number of ether oxygens (including phenoxy) is 1. The Morgan fingerprint density at radius 1 is 1.05 bits per heavy atom. The van der Waals surface area contributed by atoms with Gasteiger partial charge >= 0.3 is 0 Å². The molecule has 0 spiro atoms. The molecule has 0 saturated heterocycles. The first-order valence-electron chi connectivity index (χ1n) is 6.42. The lowest BCUT2D eigenvalue weighted by Gasteiger charge is -2.08. The van der Waals surface area contributed by atoms with Crippen LogP contribution >= 0.6 is 0 Å². The van der Waals surface area contributed by atoms with Crippen molar-refractivity contribution in [1.29, 1.82) is 0 Å². The van der Waals surface area contributed by atoms with Crippen LogP contribution in [0.15, 0.2) is 42.5 Å². The van der Waals surface area contributed by atoms with Crippen molar-refractivity contribution in [3.8, 4) is 5.75 Å². The van der Waals surface area contributed by atoms with Crippen molar-refractivity contribution in [1.82, 2.24) is 0 Å². The van der Waals surface area contributed by atoms with Crippen molar-refractivity contribution in [2.24, 2.45) is 5.73 Å². The average Bonchev–Trinajstić information content (AvgIpc) is 2.46. The summed E-state index contributed by atoms with van der Waals surface area (Å²) in [7, 11) is 0. The summed E-state index contributed by atoms with van der Waals surface area (Å²) in [5.41, 5.74) is 8.04. The zero-order valence-electron chi connectivity index (χ0n) is 11.0. The Labute approximate surface area is 113 Å². The van der Waals surface area contributed by atoms with Crippen LogP contribution < -0.4 is 10.5 Å². The first-order chi connectivity index (χ1) is 9.22. The van der Waals surface area contributed by atoms with E-state index in [-0.39, 0.29) is 12.4 Å². The molecular formula is C16H18FNO. The lowest BCUT2D eigenvalue weighted by Crippen LogP contribution is -2.02. The summed E-state index contributed by atoms with van der Waals surface area (Å²) in [4.78, 5) is 0. The molecule has 0 aliphatic heterocycles. The molecule has 0 unspecified atom stereocenters. The van der Waals surface area contributed by atoms with E-state index in [1.807, 2.05) is 30.3 Å². The van der Waals surface area contributed by atoms with E-state index in [9.17, 15) is 4.39 Å². The molecule has 2 aromatic carbocycles. The molecule has 0 aliphatic carbocycles. The predicted octanol–water partition coefficient (Wildman–Crippen LogP) is 3.43. The van der Waals surface area contributed by atoms with Gasteiger partial charge in [-0.1, -0.05) is 31.2 Å². The summed E-state index contributed by atoms with van der Waals surface area (Å²) in [6.07, 6.45) is 0.995. The SMILES string of the molecule is CCc1ccc(OCc2ccc(CN)cc2F)cc1. The maximum Gasteiger partial charge on any atom is 0.130 e. The summed E-state index contributed by atoms with van der Waals surface area (Å²) < 4.78 is 19.3. The molecule has 0 radical (unpaired) electrons. The fraction of sp³-hybridized carbons (Fsp3) is 0.250. The van der Waals surface area contributed by atoms with Gasteiger partial charge in [0.25, 0.3) is 0 Å². The Bertz CT molecular complexity index is 537. The molecule has 2 N–H and O–H groups in total. The monoisotopic (exact) mass is 259 g/mol. The lowest BCUT2D eigenvalue weighted by molar-refractivity contribution is 0.299. The van der Waals surface area contributed by atoms with E-state index in [0.29, 0.717) is 12.1 Å². The van der Waals surface area contributed by atoms with Gasteiger partial charge in [0.1, 0.15) is 18.2 Å². The number of hydrogen-bond donors (Lipinski definition) is 1. The highest BCUT2D eigenvalue weighted by Gasteiger charge is 2.04. The van der Waals surface area contributed by atoms with E-state index >= 15 is 0 Å². The van der Waals surface area contributed by atoms with Crippen molar-refractivity contribution in [2.75, 3.05) is 0 Å². The third-order valence-corrected chi connectivity index (χ3v) is 3.08. The molecule has 0 bridgehead atoms. The molecule has 0 atom stereocenters.